The number of ether oxygens (including phenoxy) is 1. The van der Waals surface area contributed by atoms with Gasteiger partial charge < -0.3 is 29.8 Å². The van der Waals surface area contributed by atoms with Crippen LogP contribution in [0.5, 0.6) is 0 Å². The lowest BCUT2D eigenvalue weighted by Crippen LogP contribution is -2.42. The number of fused-ring (bicyclic) bond motifs is 7. The molecule has 10 heterocycles. The minimum atomic E-state index is -0.211. The Morgan fingerprint density at radius 2 is 0.888 bits per heavy atom. The van der Waals surface area contributed by atoms with Crippen molar-refractivity contribution in [1.82, 2.24) is 55.5 Å². The number of nitrogens with one attached hydrogen (secondary N) is 4. The van der Waals surface area contributed by atoms with Crippen molar-refractivity contribution >= 4 is 83.0 Å². The number of methoxy groups -OCH3 is 1. The zero-order chi connectivity index (χ0) is 89.8. The average molecular weight is 1940 g/mol. The molecule has 2 unspecified atom stereocenters. The summed E-state index contributed by atoms with van der Waals surface area (Å²) in [4.78, 5) is 36.9. The van der Waals surface area contributed by atoms with Crippen molar-refractivity contribution in [3.63, 3.8) is 0 Å². The van der Waals surface area contributed by atoms with Crippen molar-refractivity contribution in [2.45, 2.75) is 173 Å². The number of esters is 1. The van der Waals surface area contributed by atoms with Gasteiger partial charge in [0.2, 0.25) is 0 Å². The molecule has 760 valence electrons. The Hall–Kier alpha value is -14.9. The number of thiazole rings is 1. The van der Waals surface area contributed by atoms with Crippen LogP contribution in [0.4, 0.5) is 5.69 Å². The fourth-order valence-electron chi connectivity index (χ4n) is 14.1. The normalized spacial score (nSPS) is 11.8. The van der Waals surface area contributed by atoms with E-state index in [1.807, 2.05) is 280 Å². The van der Waals surface area contributed by atoms with Gasteiger partial charge in [0.15, 0.2) is 0 Å². The summed E-state index contributed by atoms with van der Waals surface area (Å²) in [6, 6.07) is 133. The van der Waals surface area contributed by atoms with Crippen molar-refractivity contribution < 1.29 is 13.9 Å². The summed E-state index contributed by atoms with van der Waals surface area (Å²) in [7, 11) is 3.26. The molecule has 0 bridgehead atoms. The highest BCUT2D eigenvalue weighted by Crippen LogP contribution is 2.31. The summed E-state index contributed by atoms with van der Waals surface area (Å²) < 4.78 is 12.7. The van der Waals surface area contributed by atoms with Crippen LogP contribution in [0.15, 0.2) is 465 Å². The van der Waals surface area contributed by atoms with Crippen molar-refractivity contribution in [1.29, 1.82) is 0 Å². The Morgan fingerprint density at radius 1 is 0.406 bits per heavy atom. The Kier molecular flexibility index (Phi) is 74.7. The molecule has 143 heavy (non-hydrogen) atoms. The number of hydrogen-bond acceptors (Lipinski definition) is 13. The Balaban J connectivity index is -0.00000148. The van der Waals surface area contributed by atoms with E-state index in [-0.39, 0.29) is 103 Å². The molecule has 16 heteroatoms. The van der Waals surface area contributed by atoms with E-state index in [0.29, 0.717) is 6.42 Å². The van der Waals surface area contributed by atoms with E-state index in [9.17, 15) is 4.79 Å². The Bertz CT molecular complexity index is 5690. The van der Waals surface area contributed by atoms with E-state index < -0.39 is 0 Å². The highest BCUT2D eigenvalue weighted by molar-refractivity contribution is 7.16. The highest BCUT2D eigenvalue weighted by atomic mass is 32.1. The molecule has 0 radical (unpaired) electrons. The van der Waals surface area contributed by atoms with E-state index in [4.69, 9.17) is 4.42 Å². The first-order valence-corrected chi connectivity index (χ1v) is 45.3. The van der Waals surface area contributed by atoms with Crippen molar-refractivity contribution in [3.05, 3.63) is 467 Å². The second kappa shape index (κ2) is 80.8. The molecule has 7 aromatic heterocycles. The number of aliphatic imine (C=N–C) groups is 1. The maximum absolute atomic E-state index is 11.1. The number of H-pyrrole nitrogens is 2. The molecule has 1 saturated carbocycles. The van der Waals surface area contributed by atoms with Gasteiger partial charge in [0, 0.05) is 84.8 Å². The summed E-state index contributed by atoms with van der Waals surface area (Å²) >= 11 is 1.68. The quantitative estimate of drug-likeness (QED) is 0.120. The third-order valence-electron chi connectivity index (χ3n) is 20.9. The monoisotopic (exact) mass is 1940 g/mol. The molecule has 4 N–H and O–H groups in total. The molecular formula is C127H168N12O3S. The molecule has 4 aliphatic rings. The summed E-state index contributed by atoms with van der Waals surface area (Å²) in [5, 5.41) is 21.0. The topological polar surface area (TPSA) is 190 Å². The van der Waals surface area contributed by atoms with Crippen LogP contribution in [-0.4, -0.2) is 89.9 Å². The summed E-state index contributed by atoms with van der Waals surface area (Å²) in [5.74, 6) is 0.833. The lowest BCUT2D eigenvalue weighted by atomic mass is 9.80. The van der Waals surface area contributed by atoms with Gasteiger partial charge in [-0.3, -0.25) is 24.4 Å². The third-order valence-corrected chi connectivity index (χ3v) is 21.7. The standard InChI is InChI=1S/C15H14O2.C12H10.C10H8.C9H9N3.C9H17N.C9H7N.2C8H7N.C8H6O.C7H5NS.C6H6.C5H11N.C5H5N.C3H4N2.13CH4/c1-17-15(16)11-12-7-9-14(10-8-12)13-5-3-2-4-6-13;1-3-7-11(8-4-1)12-9-5-2-6-10-12;1-2-6-10-8-4-3-7-9(10)5-1;1-12-7-9(10-11-12)8-5-3-2-4-6-8;2*1-2-6-9-8(4-1)5-3-7-10-9;3*1-2-4-8-7(3-1)5-6-9-8;1-2-4-7-6(3-1)8-5-9-7;3*1-2-4-6-5-3-1;1-2-5-3-4-1;;;;;;;;;;;;;/h2-10H,11H2,1H3;1-10H;1-8H;2-7H,1H3;8-10H,1-7H2;1-7H;1-4,6H,5H2;1-6,9H;1-6H;1-5H;1-6H;6H,1-5H2;1-5H;1-3H,(H,4,5);13*1H4. The van der Waals surface area contributed by atoms with E-state index >= 15 is 0 Å². The van der Waals surface area contributed by atoms with E-state index in [1.54, 1.807) is 53.4 Å². The number of para-hydroxylation sites is 5. The number of rotatable bonds is 5. The second-order valence-electron chi connectivity index (χ2n) is 30.2. The van der Waals surface area contributed by atoms with Crippen molar-refractivity contribution in [2.75, 3.05) is 26.7 Å². The number of pyridine rings is 2. The number of nitrogens with zero attached hydrogens (tertiary/aromatic N) is 8. The molecule has 0 amide bonds. The zero-order valence-electron chi connectivity index (χ0n) is 74.1. The molecule has 24 rings (SSSR count). The number of hydrogen-bond donors (Lipinski definition) is 4. The maximum atomic E-state index is 11.1. The van der Waals surface area contributed by atoms with E-state index in [1.165, 1.54) is 139 Å². The molecule has 1 aliphatic carbocycles. The molecule has 13 aromatic carbocycles. The second-order valence-corrected chi connectivity index (χ2v) is 31.1. The molecule has 2 atom stereocenters. The zero-order valence-corrected chi connectivity index (χ0v) is 75.0. The Morgan fingerprint density at radius 3 is 1.36 bits per heavy atom. The van der Waals surface area contributed by atoms with Gasteiger partial charge in [-0.25, -0.2) is 9.97 Å². The smallest absolute Gasteiger partial charge is 0.309 e. The van der Waals surface area contributed by atoms with Gasteiger partial charge in [0.1, 0.15) is 11.3 Å². The highest BCUT2D eigenvalue weighted by Gasteiger charge is 2.26. The molecule has 20 aromatic rings. The van der Waals surface area contributed by atoms with Gasteiger partial charge in [-0.05, 0) is 180 Å². The van der Waals surface area contributed by atoms with Crippen molar-refractivity contribution in [3.8, 4) is 33.5 Å². The van der Waals surface area contributed by atoms with Gasteiger partial charge in [-0.15, -0.1) is 16.4 Å². The number of aromatic amines is 2. The largest absolute Gasteiger partial charge is 0.469 e. The van der Waals surface area contributed by atoms with Gasteiger partial charge in [0.25, 0.3) is 0 Å². The molecular weight excluding hydrogens is 1770 g/mol. The van der Waals surface area contributed by atoms with Crippen LogP contribution in [-0.2, 0) is 29.4 Å². The first-order valence-electron chi connectivity index (χ1n) is 44.4. The van der Waals surface area contributed by atoms with Crippen LogP contribution in [0.25, 0.3) is 87.3 Å². The van der Waals surface area contributed by atoms with Crippen molar-refractivity contribution in [2.24, 2.45) is 18.0 Å². The molecule has 3 fully saturated rings. The number of carbonyl (C=O) groups excluding carboxylic acids is 1. The van der Waals surface area contributed by atoms with Crippen LogP contribution in [0.2, 0.25) is 0 Å². The minimum Gasteiger partial charge on any atom is -0.469 e. The SMILES string of the molecule is C.C.C.C.C.C.C.C.C.C.C.C.C.C1=Nc2ccccc2C1.C1CCC2NCCCC2C1.C1CCNCC1.COC(=O)Cc1ccc(-c2ccccc2)cc1.Cn1cc(-c2ccccc2)nn1.c1c[nH]cn1.c1ccc(-c2ccccc2)cc1.c1ccc2[nH]ccc2c1.c1ccc2ccccc2c1.c1ccc2ncccc2c1.c1ccc2occc2c1.c1ccc2scnc2c1.c1ccccc1.c1ccncc1. The molecule has 3 aliphatic heterocycles. The fraction of sp³-hybridized carbons (Fsp3) is 0.244. The number of aryl methyl sites for hydroxylation is 1. The van der Waals surface area contributed by atoms with E-state index in [2.05, 4.69) is 212 Å². The molecule has 15 nitrogen and oxygen atoms in total. The van der Waals surface area contributed by atoms with E-state index in [0.717, 1.165) is 68.5 Å². The predicted octanol–water partition coefficient (Wildman–Crippen LogP) is 36.0. The fourth-order valence-corrected chi connectivity index (χ4v) is 14.8. The number of piperidine rings is 2. The first-order chi connectivity index (χ1) is 64.4. The number of furan rings is 1. The molecule has 0 spiro atoms. The van der Waals surface area contributed by atoms with Gasteiger partial charge in [0.05, 0.1) is 59.2 Å². The maximum Gasteiger partial charge on any atom is 0.309 e. The van der Waals surface area contributed by atoms with Gasteiger partial charge >= 0.3 is 5.97 Å². The number of carbonyl (C=O) groups is 1. The number of benzene rings is 13. The third kappa shape index (κ3) is 50.2. The minimum absolute atomic E-state index is 0. The number of imidazole rings is 1. The predicted molar refractivity (Wildman–Crippen MR) is 631 cm³/mol. The summed E-state index contributed by atoms with van der Waals surface area (Å²) in [6.45, 7) is 3.78. The van der Waals surface area contributed by atoms with Crippen LogP contribution in [0, 0.1) is 5.92 Å². The Labute approximate surface area is 865 Å². The lowest BCUT2D eigenvalue weighted by molar-refractivity contribution is -0.139. The summed E-state index contributed by atoms with van der Waals surface area (Å²) in [5.41, 5.74) is 16.5. The lowest BCUT2D eigenvalue weighted by Gasteiger charge is -2.36. The van der Waals surface area contributed by atoms with Gasteiger partial charge in [-0.1, -0.05) is 449 Å². The number of aromatic nitrogens is 9. The van der Waals surface area contributed by atoms with Crippen LogP contribution in [0.3, 0.4) is 0 Å². The average Bonchev–Trinajstić information content (AvgIpc) is 1.86. The van der Waals surface area contributed by atoms with Crippen LogP contribution < -0.4 is 10.6 Å². The summed E-state index contributed by atoms with van der Waals surface area (Å²) in [6.07, 6.45) is 32.3. The van der Waals surface area contributed by atoms with Crippen LogP contribution >= 0.6 is 11.3 Å². The first kappa shape index (κ1) is 132. The van der Waals surface area contributed by atoms with Crippen LogP contribution in [0.1, 0.15) is 165 Å². The molecule has 2 saturated heterocycles. The van der Waals surface area contributed by atoms with Gasteiger partial charge in [-0.2, -0.15) is 0 Å².